The molecule has 8 heteroatoms. The number of aryl methyl sites for hydroxylation is 2. The van der Waals surface area contributed by atoms with Gasteiger partial charge in [-0.2, -0.15) is 5.10 Å². The highest BCUT2D eigenvalue weighted by Gasteiger charge is 2.47. The monoisotopic (exact) mass is 349 g/mol. The van der Waals surface area contributed by atoms with Crippen LogP contribution in [0.2, 0.25) is 0 Å². The Morgan fingerprint density at radius 3 is 2.52 bits per heavy atom. The maximum atomic E-state index is 14.5. The van der Waals surface area contributed by atoms with Crippen molar-refractivity contribution in [2.24, 2.45) is 0 Å². The van der Waals surface area contributed by atoms with Crippen molar-refractivity contribution < 1.29 is 23.5 Å². The molecule has 1 aliphatic rings. The SMILES string of the molecule is Cc1cc(C)n(-c2ccc(C(=O)N3CCC(F)(C(=O)O)C3)cc2F)n1. The Kier molecular flexibility index (Phi) is 4.06. The summed E-state index contributed by atoms with van der Waals surface area (Å²) in [5, 5.41) is 13.1. The number of hydrogen-bond acceptors (Lipinski definition) is 3. The summed E-state index contributed by atoms with van der Waals surface area (Å²) < 4.78 is 30.0. The molecule has 0 saturated carbocycles. The van der Waals surface area contributed by atoms with E-state index >= 15 is 0 Å². The average Bonchev–Trinajstić information content (AvgIpc) is 3.10. The Hall–Kier alpha value is -2.77. The van der Waals surface area contributed by atoms with E-state index in [2.05, 4.69) is 5.10 Å². The van der Waals surface area contributed by atoms with Crippen molar-refractivity contribution in [1.29, 1.82) is 0 Å². The van der Waals surface area contributed by atoms with Gasteiger partial charge in [0, 0.05) is 24.2 Å². The molecule has 1 aliphatic heterocycles. The first-order chi connectivity index (χ1) is 11.7. The van der Waals surface area contributed by atoms with E-state index in [4.69, 9.17) is 5.11 Å². The zero-order valence-electron chi connectivity index (χ0n) is 13.8. The van der Waals surface area contributed by atoms with Crippen molar-refractivity contribution in [3.63, 3.8) is 0 Å². The van der Waals surface area contributed by atoms with Gasteiger partial charge in [-0.25, -0.2) is 18.3 Å². The zero-order chi connectivity index (χ0) is 18.4. The van der Waals surface area contributed by atoms with Gasteiger partial charge in [-0.1, -0.05) is 0 Å². The number of hydrogen-bond donors (Lipinski definition) is 1. The van der Waals surface area contributed by atoms with Gasteiger partial charge >= 0.3 is 5.97 Å². The summed E-state index contributed by atoms with van der Waals surface area (Å²) in [5.74, 6) is -2.82. The quantitative estimate of drug-likeness (QED) is 0.922. The van der Waals surface area contributed by atoms with Crippen LogP contribution in [0.4, 0.5) is 8.78 Å². The second-order valence-corrected chi connectivity index (χ2v) is 6.25. The molecule has 2 heterocycles. The van der Waals surface area contributed by atoms with Gasteiger partial charge in [0.2, 0.25) is 5.67 Å². The van der Waals surface area contributed by atoms with Crippen LogP contribution >= 0.6 is 0 Å². The number of carbonyl (C=O) groups is 2. The fourth-order valence-corrected chi connectivity index (χ4v) is 2.99. The molecule has 1 atom stereocenters. The fourth-order valence-electron chi connectivity index (χ4n) is 2.99. The van der Waals surface area contributed by atoms with Crippen LogP contribution in [-0.4, -0.2) is 50.4 Å². The van der Waals surface area contributed by atoms with Gasteiger partial charge in [-0.3, -0.25) is 4.79 Å². The van der Waals surface area contributed by atoms with E-state index in [9.17, 15) is 18.4 Å². The molecule has 1 unspecified atom stereocenters. The average molecular weight is 349 g/mol. The van der Waals surface area contributed by atoms with E-state index in [0.717, 1.165) is 22.4 Å². The Balaban J connectivity index is 1.85. The third-order valence-electron chi connectivity index (χ3n) is 4.32. The second-order valence-electron chi connectivity index (χ2n) is 6.25. The molecule has 0 aliphatic carbocycles. The number of likely N-dealkylation sites (tertiary alicyclic amines) is 1. The number of alkyl halides is 1. The summed E-state index contributed by atoms with van der Waals surface area (Å²) in [7, 11) is 0. The van der Waals surface area contributed by atoms with E-state index in [1.807, 2.05) is 0 Å². The van der Waals surface area contributed by atoms with Gasteiger partial charge in [0.1, 0.15) is 11.5 Å². The molecular formula is C17H17F2N3O3. The topological polar surface area (TPSA) is 75.4 Å². The van der Waals surface area contributed by atoms with E-state index < -0.39 is 29.9 Å². The molecule has 0 spiro atoms. The first-order valence-corrected chi connectivity index (χ1v) is 7.76. The molecule has 132 valence electrons. The Bertz CT molecular complexity index is 865. The number of aromatic nitrogens is 2. The molecule has 1 saturated heterocycles. The summed E-state index contributed by atoms with van der Waals surface area (Å²) in [4.78, 5) is 24.4. The highest BCUT2D eigenvalue weighted by molar-refractivity contribution is 5.95. The van der Waals surface area contributed by atoms with Crippen molar-refractivity contribution >= 4 is 11.9 Å². The first kappa shape index (κ1) is 17.1. The Labute approximate surface area is 142 Å². The maximum Gasteiger partial charge on any atom is 0.343 e. The van der Waals surface area contributed by atoms with Crippen molar-refractivity contribution in [2.75, 3.05) is 13.1 Å². The molecule has 1 fully saturated rings. The Morgan fingerprint density at radius 2 is 2.00 bits per heavy atom. The third kappa shape index (κ3) is 2.99. The van der Waals surface area contributed by atoms with E-state index in [0.29, 0.717) is 0 Å². The summed E-state index contributed by atoms with van der Waals surface area (Å²) in [5.41, 5.74) is -0.718. The van der Waals surface area contributed by atoms with Gasteiger partial charge in [-0.15, -0.1) is 0 Å². The summed E-state index contributed by atoms with van der Waals surface area (Å²) >= 11 is 0. The number of rotatable bonds is 3. The van der Waals surface area contributed by atoms with E-state index in [1.165, 1.54) is 16.8 Å². The number of carboxylic acid groups (broad SMARTS) is 1. The molecule has 2 aromatic rings. The molecule has 6 nitrogen and oxygen atoms in total. The van der Waals surface area contributed by atoms with Crippen LogP contribution in [0.25, 0.3) is 5.69 Å². The molecule has 1 N–H and O–H groups in total. The minimum Gasteiger partial charge on any atom is -0.479 e. The number of carbonyl (C=O) groups excluding carboxylic acids is 1. The number of halogens is 2. The largest absolute Gasteiger partial charge is 0.479 e. The van der Waals surface area contributed by atoms with Gasteiger partial charge < -0.3 is 10.0 Å². The summed E-state index contributed by atoms with van der Waals surface area (Å²) in [6.45, 7) is 3.01. The van der Waals surface area contributed by atoms with Crippen LogP contribution < -0.4 is 0 Å². The number of nitrogens with zero attached hydrogens (tertiary/aromatic N) is 3. The third-order valence-corrected chi connectivity index (χ3v) is 4.32. The molecule has 0 bridgehead atoms. The van der Waals surface area contributed by atoms with E-state index in [-0.39, 0.29) is 24.2 Å². The van der Waals surface area contributed by atoms with Gasteiger partial charge in [0.25, 0.3) is 5.91 Å². The molecule has 1 amide bonds. The number of aliphatic carboxylic acids is 1. The minimum atomic E-state index is -2.45. The standard InChI is InChI=1S/C17H17F2N3O3/c1-10-7-11(2)22(20-10)14-4-3-12(8-13(14)18)15(23)21-6-5-17(19,9-21)16(24)25/h3-4,7-8H,5-6,9H2,1-2H3,(H,24,25). The maximum absolute atomic E-state index is 14.5. The lowest BCUT2D eigenvalue weighted by atomic mass is 10.1. The lowest BCUT2D eigenvalue weighted by Gasteiger charge is -2.18. The molecule has 3 rings (SSSR count). The predicted molar refractivity (Wildman–Crippen MR) is 85.0 cm³/mol. The normalized spacial score (nSPS) is 20.1. The van der Waals surface area contributed by atoms with Crippen molar-refractivity contribution in [3.8, 4) is 5.69 Å². The van der Waals surface area contributed by atoms with Gasteiger partial charge in [-0.05, 0) is 38.1 Å². The molecule has 1 aromatic heterocycles. The predicted octanol–water partition coefficient (Wildman–Crippen LogP) is 2.27. The highest BCUT2D eigenvalue weighted by Crippen LogP contribution is 2.27. The van der Waals surface area contributed by atoms with Crippen molar-refractivity contribution in [2.45, 2.75) is 25.9 Å². The second kappa shape index (κ2) is 5.94. The van der Waals surface area contributed by atoms with Crippen LogP contribution in [0, 0.1) is 19.7 Å². The summed E-state index contributed by atoms with van der Waals surface area (Å²) in [6.07, 6.45) is -0.277. The number of carboxylic acids is 1. The van der Waals surface area contributed by atoms with Crippen LogP contribution in [0.3, 0.4) is 0 Å². The molecule has 1 aromatic carbocycles. The van der Waals surface area contributed by atoms with Crippen LogP contribution in [0.1, 0.15) is 28.2 Å². The number of amides is 1. The smallest absolute Gasteiger partial charge is 0.343 e. The van der Waals surface area contributed by atoms with Crippen molar-refractivity contribution in [3.05, 3.63) is 47.0 Å². The van der Waals surface area contributed by atoms with Crippen LogP contribution in [-0.2, 0) is 4.79 Å². The van der Waals surface area contributed by atoms with Crippen LogP contribution in [0.15, 0.2) is 24.3 Å². The highest BCUT2D eigenvalue weighted by atomic mass is 19.1. The van der Waals surface area contributed by atoms with Crippen LogP contribution in [0.5, 0.6) is 0 Å². The lowest BCUT2D eigenvalue weighted by Crippen LogP contribution is -2.38. The van der Waals surface area contributed by atoms with Crippen molar-refractivity contribution in [1.82, 2.24) is 14.7 Å². The summed E-state index contributed by atoms with van der Waals surface area (Å²) in [6, 6.07) is 5.72. The minimum absolute atomic E-state index is 0.0253. The first-order valence-electron chi connectivity index (χ1n) is 7.76. The van der Waals surface area contributed by atoms with Gasteiger partial charge in [0.15, 0.2) is 0 Å². The zero-order valence-corrected chi connectivity index (χ0v) is 13.8. The lowest BCUT2D eigenvalue weighted by molar-refractivity contribution is -0.149. The number of benzene rings is 1. The fraction of sp³-hybridized carbons (Fsp3) is 0.353. The Morgan fingerprint density at radius 1 is 1.28 bits per heavy atom. The van der Waals surface area contributed by atoms with Gasteiger partial charge in [0.05, 0.1) is 12.2 Å². The van der Waals surface area contributed by atoms with E-state index in [1.54, 1.807) is 19.9 Å². The molecular weight excluding hydrogens is 332 g/mol. The molecule has 0 radical (unpaired) electrons. The molecule has 25 heavy (non-hydrogen) atoms.